The molecule has 0 bridgehead atoms. The second-order valence-corrected chi connectivity index (χ2v) is 7.71. The minimum atomic E-state index is -0.163. The zero-order chi connectivity index (χ0) is 15.5. The Hall–Kier alpha value is -0.820. The Kier molecular flexibility index (Phi) is 5.23. The van der Waals surface area contributed by atoms with Gasteiger partial charge in [0.05, 0.1) is 23.1 Å². The third-order valence-electron chi connectivity index (χ3n) is 4.32. The number of carbonyl (C=O) groups is 1. The number of hydrogen-bond acceptors (Lipinski definition) is 4. The van der Waals surface area contributed by atoms with Crippen LogP contribution in [0, 0.1) is 0 Å². The van der Waals surface area contributed by atoms with E-state index in [1.807, 2.05) is 19.1 Å². The van der Waals surface area contributed by atoms with Crippen LogP contribution >= 0.6 is 22.9 Å². The third-order valence-corrected chi connectivity index (χ3v) is 5.73. The Morgan fingerprint density at radius 3 is 3.23 bits per heavy atom. The summed E-state index contributed by atoms with van der Waals surface area (Å²) in [6.45, 7) is 5.37. The molecule has 3 atom stereocenters. The summed E-state index contributed by atoms with van der Waals surface area (Å²) in [5.41, 5.74) is 0. The van der Waals surface area contributed by atoms with Crippen molar-refractivity contribution in [2.75, 3.05) is 26.2 Å². The second-order valence-electron chi connectivity index (χ2n) is 5.96. The van der Waals surface area contributed by atoms with Crippen molar-refractivity contribution in [3.05, 3.63) is 21.3 Å². The number of fused-ring (bicyclic) bond motifs is 1. The van der Waals surface area contributed by atoms with Gasteiger partial charge >= 0.3 is 6.03 Å². The SMILES string of the molecule is C[C@H](NC(=O)NC[C@H]1CN2CCC[C@H]2CO1)c1ccc(Cl)s1. The van der Waals surface area contributed by atoms with Crippen molar-refractivity contribution in [2.45, 2.75) is 38.0 Å². The lowest BCUT2D eigenvalue weighted by molar-refractivity contribution is -0.0458. The van der Waals surface area contributed by atoms with E-state index in [1.165, 1.54) is 24.2 Å². The fraction of sp³-hybridized carbons (Fsp3) is 0.667. The topological polar surface area (TPSA) is 53.6 Å². The van der Waals surface area contributed by atoms with E-state index >= 15 is 0 Å². The van der Waals surface area contributed by atoms with Crippen molar-refractivity contribution in [3.8, 4) is 0 Å². The summed E-state index contributed by atoms with van der Waals surface area (Å²) in [6, 6.07) is 4.17. The molecule has 7 heteroatoms. The molecule has 0 radical (unpaired) electrons. The van der Waals surface area contributed by atoms with E-state index in [1.54, 1.807) is 0 Å². The molecular formula is C15H22ClN3O2S. The molecule has 2 amide bonds. The van der Waals surface area contributed by atoms with Gasteiger partial charge in [-0.3, -0.25) is 4.90 Å². The first kappa shape index (κ1) is 16.1. The van der Waals surface area contributed by atoms with Crippen LogP contribution in [0.5, 0.6) is 0 Å². The molecule has 2 N–H and O–H groups in total. The molecule has 5 nitrogen and oxygen atoms in total. The lowest BCUT2D eigenvalue weighted by Gasteiger charge is -2.35. The molecule has 1 aromatic heterocycles. The van der Waals surface area contributed by atoms with Gasteiger partial charge in [-0.05, 0) is 38.4 Å². The molecule has 0 aromatic carbocycles. The number of thiophene rings is 1. The normalized spacial score (nSPS) is 26.5. The maximum atomic E-state index is 12.0. The maximum Gasteiger partial charge on any atom is 0.315 e. The molecule has 122 valence electrons. The van der Waals surface area contributed by atoms with Gasteiger partial charge in [-0.15, -0.1) is 11.3 Å². The summed E-state index contributed by atoms with van der Waals surface area (Å²) in [6.07, 6.45) is 2.59. The number of urea groups is 1. The molecule has 2 aliphatic heterocycles. The molecule has 0 aliphatic carbocycles. The van der Waals surface area contributed by atoms with Gasteiger partial charge in [0.2, 0.25) is 0 Å². The number of nitrogens with zero attached hydrogens (tertiary/aromatic N) is 1. The van der Waals surface area contributed by atoms with Crippen LogP contribution in [-0.4, -0.2) is 49.3 Å². The van der Waals surface area contributed by atoms with Crippen molar-refractivity contribution in [1.82, 2.24) is 15.5 Å². The first-order chi connectivity index (χ1) is 10.6. The Balaban J connectivity index is 1.40. The number of carbonyl (C=O) groups excluding carboxylic acids is 1. The van der Waals surface area contributed by atoms with Gasteiger partial charge in [0.15, 0.2) is 0 Å². The van der Waals surface area contributed by atoms with Crippen LogP contribution < -0.4 is 10.6 Å². The smallest absolute Gasteiger partial charge is 0.315 e. The Bertz CT molecular complexity index is 525. The first-order valence-corrected chi connectivity index (χ1v) is 8.96. The summed E-state index contributed by atoms with van der Waals surface area (Å²) in [5, 5.41) is 5.84. The van der Waals surface area contributed by atoms with Gasteiger partial charge in [0.1, 0.15) is 0 Å². The van der Waals surface area contributed by atoms with E-state index in [4.69, 9.17) is 16.3 Å². The number of hydrogen-bond donors (Lipinski definition) is 2. The monoisotopic (exact) mass is 343 g/mol. The first-order valence-electron chi connectivity index (χ1n) is 7.77. The second kappa shape index (κ2) is 7.17. The van der Waals surface area contributed by atoms with Crippen LogP contribution in [0.15, 0.2) is 12.1 Å². The molecule has 3 heterocycles. The van der Waals surface area contributed by atoms with Crippen LogP contribution in [0.1, 0.15) is 30.7 Å². The quantitative estimate of drug-likeness (QED) is 0.883. The molecule has 22 heavy (non-hydrogen) atoms. The summed E-state index contributed by atoms with van der Waals surface area (Å²) < 4.78 is 6.57. The predicted molar refractivity (Wildman–Crippen MR) is 88.6 cm³/mol. The molecule has 2 aliphatic rings. The van der Waals surface area contributed by atoms with E-state index in [-0.39, 0.29) is 18.2 Å². The molecular weight excluding hydrogens is 322 g/mol. The largest absolute Gasteiger partial charge is 0.373 e. The zero-order valence-electron chi connectivity index (χ0n) is 12.7. The summed E-state index contributed by atoms with van der Waals surface area (Å²) in [7, 11) is 0. The molecule has 3 rings (SSSR count). The van der Waals surface area contributed by atoms with E-state index in [0.717, 1.165) is 28.9 Å². The van der Waals surface area contributed by atoms with Crippen molar-refractivity contribution in [2.24, 2.45) is 0 Å². The van der Waals surface area contributed by atoms with Gasteiger partial charge in [-0.2, -0.15) is 0 Å². The lowest BCUT2D eigenvalue weighted by atomic mass is 10.2. The number of morpholine rings is 1. The van der Waals surface area contributed by atoms with E-state index in [2.05, 4.69) is 15.5 Å². The molecule has 0 spiro atoms. The highest BCUT2D eigenvalue weighted by Gasteiger charge is 2.32. The van der Waals surface area contributed by atoms with E-state index < -0.39 is 0 Å². The molecule has 2 saturated heterocycles. The summed E-state index contributed by atoms with van der Waals surface area (Å²) >= 11 is 7.40. The Morgan fingerprint density at radius 2 is 2.45 bits per heavy atom. The van der Waals surface area contributed by atoms with Crippen molar-refractivity contribution in [3.63, 3.8) is 0 Å². The average molecular weight is 344 g/mol. The summed E-state index contributed by atoms with van der Waals surface area (Å²) in [4.78, 5) is 15.5. The van der Waals surface area contributed by atoms with Crippen LogP contribution in [0.4, 0.5) is 4.79 Å². The lowest BCUT2D eigenvalue weighted by Crippen LogP contribution is -2.51. The Morgan fingerprint density at radius 1 is 1.59 bits per heavy atom. The minimum absolute atomic E-state index is 0.0484. The van der Waals surface area contributed by atoms with Crippen LogP contribution in [0.3, 0.4) is 0 Å². The van der Waals surface area contributed by atoms with E-state index in [0.29, 0.717) is 12.6 Å². The number of nitrogens with one attached hydrogen (secondary N) is 2. The molecule has 0 unspecified atom stereocenters. The highest BCUT2D eigenvalue weighted by Crippen LogP contribution is 2.26. The number of halogens is 1. The molecule has 0 saturated carbocycles. The molecule has 2 fully saturated rings. The molecule has 1 aromatic rings. The highest BCUT2D eigenvalue weighted by atomic mass is 35.5. The number of rotatable bonds is 4. The van der Waals surface area contributed by atoms with Gasteiger partial charge in [0, 0.05) is 24.0 Å². The number of amides is 2. The standard InChI is InChI=1S/C15H22ClN3O2S/c1-10(13-4-5-14(16)22-13)18-15(20)17-7-12-8-19-6-2-3-11(19)9-21-12/h4-5,10-12H,2-3,6-9H2,1H3,(H2,17,18,20)/t10-,11-,12-/m0/s1. The summed E-state index contributed by atoms with van der Waals surface area (Å²) in [5.74, 6) is 0. The zero-order valence-corrected chi connectivity index (χ0v) is 14.3. The third kappa shape index (κ3) is 3.93. The minimum Gasteiger partial charge on any atom is -0.373 e. The predicted octanol–water partition coefficient (Wildman–Crippen LogP) is 2.62. The van der Waals surface area contributed by atoms with Gasteiger partial charge in [-0.1, -0.05) is 11.6 Å². The Labute approximate surface area is 140 Å². The number of ether oxygens (including phenoxy) is 1. The van der Waals surface area contributed by atoms with Crippen molar-refractivity contribution < 1.29 is 9.53 Å². The van der Waals surface area contributed by atoms with Crippen LogP contribution in [0.25, 0.3) is 0 Å². The van der Waals surface area contributed by atoms with Crippen molar-refractivity contribution in [1.29, 1.82) is 0 Å². The fourth-order valence-electron chi connectivity index (χ4n) is 3.10. The van der Waals surface area contributed by atoms with Gasteiger partial charge in [-0.25, -0.2) is 4.79 Å². The highest BCUT2D eigenvalue weighted by molar-refractivity contribution is 7.16. The van der Waals surface area contributed by atoms with Crippen molar-refractivity contribution >= 4 is 29.0 Å². The maximum absolute atomic E-state index is 12.0. The van der Waals surface area contributed by atoms with Crippen LogP contribution in [0.2, 0.25) is 4.34 Å². The average Bonchev–Trinajstić information content (AvgIpc) is 3.13. The van der Waals surface area contributed by atoms with E-state index in [9.17, 15) is 4.79 Å². The fourth-order valence-corrected chi connectivity index (χ4v) is 4.16. The van der Waals surface area contributed by atoms with Gasteiger partial charge in [0.25, 0.3) is 0 Å². The van der Waals surface area contributed by atoms with Crippen LogP contribution in [-0.2, 0) is 4.74 Å². The van der Waals surface area contributed by atoms with Gasteiger partial charge < -0.3 is 15.4 Å².